The van der Waals surface area contributed by atoms with Crippen LogP contribution in [0.5, 0.6) is 0 Å². The fourth-order valence-electron chi connectivity index (χ4n) is 11.1. The average Bonchev–Trinajstić information content (AvgIpc) is 4.12. The number of ether oxygens (including phenoxy) is 12. The van der Waals surface area contributed by atoms with Crippen LogP contribution in [-0.2, 0) is 56.8 Å². The molecule has 2 saturated carbocycles. The number of hydrogen-bond donors (Lipinski definition) is 2. The van der Waals surface area contributed by atoms with Crippen molar-refractivity contribution < 1.29 is 67.1 Å². The Balaban J connectivity index is 1.30. The van der Waals surface area contributed by atoms with Crippen molar-refractivity contribution in [1.29, 1.82) is 0 Å². The van der Waals surface area contributed by atoms with E-state index in [0.717, 1.165) is 49.7 Å². The molecule has 0 aromatic rings. The summed E-state index contributed by atoms with van der Waals surface area (Å²) in [6.07, 6.45) is 12.2. The molecular formula is C52H90O14. The van der Waals surface area contributed by atoms with Gasteiger partial charge >= 0.3 is 0 Å². The van der Waals surface area contributed by atoms with Crippen molar-refractivity contribution in [3.63, 3.8) is 0 Å². The first-order valence-corrected chi connectivity index (χ1v) is 24.4. The van der Waals surface area contributed by atoms with Crippen LogP contribution < -0.4 is 0 Å². The van der Waals surface area contributed by atoms with Crippen LogP contribution in [0.4, 0.5) is 0 Å². The average molecular weight is 939 g/mol. The minimum absolute atomic E-state index is 0.00826. The van der Waals surface area contributed by atoms with Crippen LogP contribution in [0.2, 0.25) is 0 Å². The maximum absolute atomic E-state index is 11.5. The topological polar surface area (TPSA) is 151 Å². The summed E-state index contributed by atoms with van der Waals surface area (Å²) in [5.74, 6) is 1.61. The number of hydrogen-bond acceptors (Lipinski definition) is 14. The van der Waals surface area contributed by atoms with Crippen LogP contribution >= 0.6 is 0 Å². The van der Waals surface area contributed by atoms with Gasteiger partial charge in [-0.15, -0.1) is 0 Å². The first kappa shape index (κ1) is 57.0. The summed E-state index contributed by atoms with van der Waals surface area (Å²) in [6, 6.07) is 0. The highest BCUT2D eigenvalue weighted by atomic mass is 16.7. The van der Waals surface area contributed by atoms with Crippen LogP contribution in [-0.4, -0.2) is 166 Å². The van der Waals surface area contributed by atoms with Gasteiger partial charge in [0.05, 0.1) is 23.9 Å². The Bertz CT molecular complexity index is 1530. The zero-order valence-electron chi connectivity index (χ0n) is 43.3. The SMILES string of the molecule is CC[C@H](OC)[C@@H](C)C1CC(O)([C@@H](C)/C=C/C=C(\C)[C@H]2O[C@H](OC)[C@@H](OC)[C@@H](OCCC[C@H](OC)[C@@H](C)[C@@H]3C[C@H]3[C@H](O)[C@@H](C)/C=C/C=C(\C)[C@H]3O[C@H](OC)[C@H](OC)[C@@H](OC)[C@H]3OC)[C@@H]2OC)C1. The molecule has 382 valence electrons. The molecule has 0 amide bonds. The molecule has 2 N–H and O–H groups in total. The number of rotatable bonds is 28. The summed E-state index contributed by atoms with van der Waals surface area (Å²) in [5, 5.41) is 22.9. The van der Waals surface area contributed by atoms with Crippen molar-refractivity contribution in [2.75, 3.05) is 70.6 Å². The number of aliphatic hydroxyl groups is 2. The Labute approximate surface area is 398 Å². The molecule has 2 aliphatic carbocycles. The van der Waals surface area contributed by atoms with Crippen molar-refractivity contribution in [3.8, 4) is 0 Å². The fraction of sp³-hybridized carbons (Fsp3) is 0.846. The zero-order chi connectivity index (χ0) is 48.9. The van der Waals surface area contributed by atoms with Gasteiger partial charge in [-0.25, -0.2) is 0 Å². The molecule has 2 aliphatic heterocycles. The summed E-state index contributed by atoms with van der Waals surface area (Å²) in [4.78, 5) is 0. The van der Waals surface area contributed by atoms with Crippen LogP contribution in [0, 0.1) is 41.4 Å². The Kier molecular flexibility index (Phi) is 23.4. The Morgan fingerprint density at radius 1 is 0.636 bits per heavy atom. The lowest BCUT2D eigenvalue weighted by molar-refractivity contribution is -0.298. The van der Waals surface area contributed by atoms with Gasteiger partial charge in [0, 0.05) is 82.4 Å². The predicted octanol–water partition coefficient (Wildman–Crippen LogP) is 7.10. The van der Waals surface area contributed by atoms with Gasteiger partial charge in [-0.05, 0) is 93.1 Å². The Morgan fingerprint density at radius 3 is 1.62 bits per heavy atom. The van der Waals surface area contributed by atoms with Crippen molar-refractivity contribution in [1.82, 2.24) is 0 Å². The second kappa shape index (κ2) is 27.1. The summed E-state index contributed by atoms with van der Waals surface area (Å²) < 4.78 is 71.7. The standard InChI is InChI=1S/C52H90O14/c1-17-39(55-8)34(6)36-28-52(54,29-36)33(5)24-19-23-32(4)43-45(58-11)47(49(61-14)51(63-16)66-43)64-26-20-25-40(56-9)35(7)37-27-38(37)41(53)30(2)21-18-22-31(3)42-44(57-10)46(59-12)48(60-13)50(62-15)65-42/h18-19,21-24,30,33-51,53-54H,17,20,25-29H2,1-16H3/b21-18+,24-19+,31-22+,32-23+/t30-,33-,34-,35-,36?,37-,38+,39-,40-,41+,42+,43+,44-,45+,46-,47-,48+,49-,50-,51-,52?/m0/s1. The molecule has 4 aliphatic rings. The summed E-state index contributed by atoms with van der Waals surface area (Å²) >= 11 is 0. The molecule has 4 rings (SSSR count). The van der Waals surface area contributed by atoms with Gasteiger partial charge in [0.1, 0.15) is 48.8 Å². The fourth-order valence-corrected chi connectivity index (χ4v) is 11.1. The molecule has 0 aromatic heterocycles. The minimum Gasteiger partial charge on any atom is -0.392 e. The molecule has 14 nitrogen and oxygen atoms in total. The molecule has 66 heavy (non-hydrogen) atoms. The predicted molar refractivity (Wildman–Crippen MR) is 254 cm³/mol. The van der Waals surface area contributed by atoms with Crippen molar-refractivity contribution in [2.45, 2.75) is 172 Å². The molecule has 4 fully saturated rings. The van der Waals surface area contributed by atoms with E-state index in [-0.39, 0.29) is 48.1 Å². The maximum Gasteiger partial charge on any atom is 0.186 e. The molecular weight excluding hydrogens is 849 g/mol. The molecule has 0 bridgehead atoms. The van der Waals surface area contributed by atoms with E-state index in [1.54, 1.807) is 64.0 Å². The lowest BCUT2D eigenvalue weighted by Gasteiger charge is -2.50. The first-order chi connectivity index (χ1) is 31.6. The van der Waals surface area contributed by atoms with E-state index in [0.29, 0.717) is 24.4 Å². The lowest BCUT2D eigenvalue weighted by atomic mass is 9.60. The molecule has 0 radical (unpaired) electrons. The van der Waals surface area contributed by atoms with Crippen molar-refractivity contribution in [2.24, 2.45) is 41.4 Å². The van der Waals surface area contributed by atoms with Gasteiger partial charge in [0.25, 0.3) is 0 Å². The van der Waals surface area contributed by atoms with E-state index in [1.807, 2.05) is 38.2 Å². The molecule has 0 aromatic carbocycles. The number of methoxy groups -OCH3 is 9. The highest BCUT2D eigenvalue weighted by molar-refractivity contribution is 5.21. The normalized spacial score (nSPS) is 37.6. The van der Waals surface area contributed by atoms with Crippen LogP contribution in [0.1, 0.15) is 87.0 Å². The highest BCUT2D eigenvalue weighted by Gasteiger charge is 2.52. The third kappa shape index (κ3) is 13.6. The van der Waals surface area contributed by atoms with E-state index in [1.165, 1.54) is 0 Å². The third-order valence-corrected chi connectivity index (χ3v) is 15.7. The Hall–Kier alpha value is -1.60. The summed E-state index contributed by atoms with van der Waals surface area (Å²) in [5.41, 5.74) is 1.19. The van der Waals surface area contributed by atoms with Gasteiger partial charge in [0.15, 0.2) is 12.6 Å². The van der Waals surface area contributed by atoms with Crippen LogP contribution in [0.3, 0.4) is 0 Å². The quantitative estimate of drug-likeness (QED) is 0.0607. The third-order valence-electron chi connectivity index (χ3n) is 15.7. The molecule has 2 heterocycles. The second-order valence-corrected chi connectivity index (χ2v) is 19.5. The van der Waals surface area contributed by atoms with Gasteiger partial charge in [-0.2, -0.15) is 0 Å². The van der Waals surface area contributed by atoms with E-state index in [2.05, 4.69) is 46.8 Å². The van der Waals surface area contributed by atoms with E-state index >= 15 is 0 Å². The number of allylic oxidation sites excluding steroid dienone is 4. The molecule has 0 spiro atoms. The van der Waals surface area contributed by atoms with Gasteiger partial charge in [-0.1, -0.05) is 71.1 Å². The van der Waals surface area contributed by atoms with Gasteiger partial charge in [-0.3, -0.25) is 0 Å². The number of aliphatic hydroxyl groups excluding tert-OH is 1. The van der Waals surface area contributed by atoms with Crippen molar-refractivity contribution >= 4 is 0 Å². The maximum atomic E-state index is 11.5. The van der Waals surface area contributed by atoms with Crippen LogP contribution in [0.25, 0.3) is 0 Å². The lowest BCUT2D eigenvalue weighted by Crippen LogP contribution is -2.60. The molecule has 2 saturated heterocycles. The largest absolute Gasteiger partial charge is 0.392 e. The smallest absolute Gasteiger partial charge is 0.186 e. The van der Waals surface area contributed by atoms with E-state index in [9.17, 15) is 10.2 Å². The van der Waals surface area contributed by atoms with E-state index in [4.69, 9.17) is 56.8 Å². The monoisotopic (exact) mass is 939 g/mol. The van der Waals surface area contributed by atoms with E-state index < -0.39 is 60.9 Å². The zero-order valence-corrected chi connectivity index (χ0v) is 43.3. The van der Waals surface area contributed by atoms with Gasteiger partial charge < -0.3 is 67.1 Å². The highest BCUT2D eigenvalue weighted by Crippen LogP contribution is 2.50. The molecule has 0 unspecified atom stereocenters. The summed E-state index contributed by atoms with van der Waals surface area (Å²) in [7, 11) is 14.9. The first-order valence-electron chi connectivity index (χ1n) is 24.4. The minimum atomic E-state index is -0.720. The van der Waals surface area contributed by atoms with Crippen molar-refractivity contribution in [3.05, 3.63) is 47.6 Å². The van der Waals surface area contributed by atoms with Gasteiger partial charge in [0.2, 0.25) is 0 Å². The Morgan fingerprint density at radius 2 is 1.14 bits per heavy atom. The molecule has 19 atom stereocenters. The van der Waals surface area contributed by atoms with Crippen LogP contribution in [0.15, 0.2) is 47.6 Å². The summed E-state index contributed by atoms with van der Waals surface area (Å²) in [6.45, 7) is 15.2. The second-order valence-electron chi connectivity index (χ2n) is 19.5. The molecule has 14 heteroatoms.